The molecule has 0 bridgehead atoms. The second-order valence-electron chi connectivity index (χ2n) is 5.94. The van der Waals surface area contributed by atoms with Gasteiger partial charge in [-0.3, -0.25) is 14.9 Å². The molecule has 23 heavy (non-hydrogen) atoms. The van der Waals surface area contributed by atoms with Crippen LogP contribution in [-0.2, 0) is 4.74 Å². The normalized spacial score (nSPS) is 17.0. The lowest BCUT2D eigenvalue weighted by molar-refractivity contribution is -0.384. The van der Waals surface area contributed by atoms with Crippen molar-refractivity contribution in [3.05, 3.63) is 33.9 Å². The molecule has 1 fully saturated rings. The smallest absolute Gasteiger partial charge is 0.270 e. The molecule has 3 N–H and O–H groups in total. The number of nitrogens with one attached hydrogen (secondary N) is 1. The highest BCUT2D eigenvalue weighted by Crippen LogP contribution is 2.28. The summed E-state index contributed by atoms with van der Waals surface area (Å²) in [4.78, 5) is 24.0. The van der Waals surface area contributed by atoms with Gasteiger partial charge in [-0.2, -0.15) is 0 Å². The fourth-order valence-electron chi connectivity index (χ4n) is 2.80. The van der Waals surface area contributed by atoms with Crippen LogP contribution < -0.4 is 11.1 Å². The third-order valence-corrected chi connectivity index (χ3v) is 4.46. The zero-order valence-electron chi connectivity index (χ0n) is 13.4. The van der Waals surface area contributed by atoms with Crippen molar-refractivity contribution in [2.45, 2.75) is 18.4 Å². The summed E-state index contributed by atoms with van der Waals surface area (Å²) in [5.41, 5.74) is 5.75. The molecule has 1 aromatic carbocycles. The van der Waals surface area contributed by atoms with E-state index in [2.05, 4.69) is 10.2 Å². The number of hydrogen-bond acceptors (Lipinski definition) is 6. The average molecular weight is 322 g/mol. The van der Waals surface area contributed by atoms with Gasteiger partial charge >= 0.3 is 0 Å². The number of nitro groups is 1. The highest BCUT2D eigenvalue weighted by Gasteiger charge is 2.34. The van der Waals surface area contributed by atoms with E-state index in [0.29, 0.717) is 25.4 Å². The Bertz CT molecular complexity index is 597. The first-order valence-electron chi connectivity index (χ1n) is 7.43. The molecular weight excluding hydrogens is 300 g/mol. The molecule has 126 valence electrons. The average Bonchev–Trinajstić information content (AvgIpc) is 2.53. The molecule has 0 aromatic heterocycles. The van der Waals surface area contributed by atoms with Gasteiger partial charge in [-0.05, 0) is 33.0 Å². The van der Waals surface area contributed by atoms with Crippen molar-refractivity contribution in [3.63, 3.8) is 0 Å². The van der Waals surface area contributed by atoms with Crippen LogP contribution in [0.5, 0.6) is 0 Å². The van der Waals surface area contributed by atoms with Crippen molar-refractivity contribution >= 4 is 17.3 Å². The standard InChI is InChI=1S/C15H22N4O4/c1-18(2)15(5-7-23-8-6-15)10-17-13-4-3-11(19(21)22)9-12(13)14(16)20/h3-4,9,17H,5-8,10H2,1-2H3,(H2,16,20). The van der Waals surface area contributed by atoms with E-state index in [4.69, 9.17) is 10.5 Å². The molecule has 0 unspecified atom stereocenters. The lowest BCUT2D eigenvalue weighted by atomic mass is 9.88. The summed E-state index contributed by atoms with van der Waals surface area (Å²) >= 11 is 0. The highest BCUT2D eigenvalue weighted by molar-refractivity contribution is 5.99. The number of amides is 1. The summed E-state index contributed by atoms with van der Waals surface area (Å²) in [6.07, 6.45) is 1.73. The monoisotopic (exact) mass is 322 g/mol. The molecule has 2 rings (SSSR count). The van der Waals surface area contributed by atoms with Crippen molar-refractivity contribution in [3.8, 4) is 0 Å². The van der Waals surface area contributed by atoms with Crippen LogP contribution in [0.1, 0.15) is 23.2 Å². The highest BCUT2D eigenvalue weighted by atomic mass is 16.6. The molecule has 0 radical (unpaired) electrons. The largest absolute Gasteiger partial charge is 0.383 e. The Morgan fingerprint density at radius 3 is 2.61 bits per heavy atom. The predicted octanol–water partition coefficient (Wildman–Crippen LogP) is 1.22. The minimum Gasteiger partial charge on any atom is -0.383 e. The zero-order valence-corrected chi connectivity index (χ0v) is 13.4. The number of nitro benzene ring substituents is 1. The van der Waals surface area contributed by atoms with Crippen LogP contribution in [0, 0.1) is 10.1 Å². The fourth-order valence-corrected chi connectivity index (χ4v) is 2.80. The van der Waals surface area contributed by atoms with Gasteiger partial charge in [-0.1, -0.05) is 0 Å². The number of ether oxygens (including phenoxy) is 1. The fraction of sp³-hybridized carbons (Fsp3) is 0.533. The molecule has 1 saturated heterocycles. The van der Waals surface area contributed by atoms with Gasteiger partial charge in [0.25, 0.3) is 11.6 Å². The molecule has 8 heteroatoms. The van der Waals surface area contributed by atoms with Crippen LogP contribution in [0.4, 0.5) is 11.4 Å². The van der Waals surface area contributed by atoms with E-state index in [1.54, 1.807) is 0 Å². The summed E-state index contributed by atoms with van der Waals surface area (Å²) < 4.78 is 5.43. The molecule has 0 spiro atoms. The number of benzene rings is 1. The zero-order chi connectivity index (χ0) is 17.0. The number of carbonyl (C=O) groups excluding carboxylic acids is 1. The van der Waals surface area contributed by atoms with Gasteiger partial charge in [0.15, 0.2) is 0 Å². The van der Waals surface area contributed by atoms with Gasteiger partial charge in [-0.25, -0.2) is 0 Å². The van der Waals surface area contributed by atoms with Gasteiger partial charge in [-0.15, -0.1) is 0 Å². The van der Waals surface area contributed by atoms with Gasteiger partial charge in [0.1, 0.15) is 0 Å². The summed E-state index contributed by atoms with van der Waals surface area (Å²) in [5, 5.41) is 14.1. The number of nitrogens with two attached hydrogens (primary N) is 1. The van der Waals surface area contributed by atoms with Crippen LogP contribution in [0.25, 0.3) is 0 Å². The van der Waals surface area contributed by atoms with Gasteiger partial charge < -0.3 is 20.7 Å². The van der Waals surface area contributed by atoms with Crippen LogP contribution in [-0.4, -0.2) is 55.1 Å². The first kappa shape index (κ1) is 17.2. The van der Waals surface area contributed by atoms with Crippen LogP contribution in [0.2, 0.25) is 0 Å². The molecular formula is C15H22N4O4. The van der Waals surface area contributed by atoms with E-state index in [1.165, 1.54) is 18.2 Å². The summed E-state index contributed by atoms with van der Waals surface area (Å²) in [6.45, 7) is 1.97. The minimum atomic E-state index is -0.693. The second kappa shape index (κ2) is 6.93. The number of non-ortho nitro benzene ring substituents is 1. The molecule has 1 aliphatic heterocycles. The van der Waals surface area contributed by atoms with Gasteiger partial charge in [0.2, 0.25) is 0 Å². The molecule has 0 saturated carbocycles. The van der Waals surface area contributed by atoms with Crippen molar-refractivity contribution in [2.75, 3.05) is 39.2 Å². The maximum Gasteiger partial charge on any atom is 0.270 e. The number of primary amides is 1. The summed E-state index contributed by atoms with van der Waals surface area (Å²) in [5.74, 6) is -0.693. The first-order valence-corrected chi connectivity index (χ1v) is 7.43. The van der Waals surface area contributed by atoms with Crippen LogP contribution in [0.15, 0.2) is 18.2 Å². The second-order valence-corrected chi connectivity index (χ2v) is 5.94. The summed E-state index contributed by atoms with van der Waals surface area (Å²) in [7, 11) is 4.02. The SMILES string of the molecule is CN(C)C1(CNc2ccc([N+](=O)[O-])cc2C(N)=O)CCOCC1. The number of rotatable bonds is 6. The lowest BCUT2D eigenvalue weighted by Gasteiger charge is -2.43. The minimum absolute atomic E-state index is 0.0884. The third kappa shape index (κ3) is 3.77. The molecule has 0 atom stereocenters. The van der Waals surface area contributed by atoms with E-state index in [0.717, 1.165) is 12.8 Å². The lowest BCUT2D eigenvalue weighted by Crippen LogP contribution is -2.53. The molecule has 1 aliphatic rings. The topological polar surface area (TPSA) is 111 Å². The number of carbonyl (C=O) groups is 1. The Morgan fingerprint density at radius 1 is 1.43 bits per heavy atom. The van der Waals surface area contributed by atoms with Crippen LogP contribution in [0.3, 0.4) is 0 Å². The van der Waals surface area contributed by atoms with E-state index < -0.39 is 10.8 Å². The number of anilines is 1. The van der Waals surface area contributed by atoms with Crippen molar-refractivity contribution in [1.82, 2.24) is 4.90 Å². The van der Waals surface area contributed by atoms with Crippen molar-refractivity contribution < 1.29 is 14.5 Å². The van der Waals surface area contributed by atoms with E-state index in [-0.39, 0.29) is 16.8 Å². The molecule has 0 aliphatic carbocycles. The van der Waals surface area contributed by atoms with E-state index >= 15 is 0 Å². The third-order valence-electron chi connectivity index (χ3n) is 4.46. The molecule has 1 heterocycles. The summed E-state index contributed by atoms with van der Waals surface area (Å²) in [6, 6.07) is 4.10. The Morgan fingerprint density at radius 2 is 2.09 bits per heavy atom. The maximum absolute atomic E-state index is 11.6. The van der Waals surface area contributed by atoms with Crippen molar-refractivity contribution in [2.24, 2.45) is 5.73 Å². The predicted molar refractivity (Wildman–Crippen MR) is 86.6 cm³/mol. The Labute approximate surface area is 134 Å². The molecule has 1 aromatic rings. The Kier molecular flexibility index (Phi) is 5.17. The number of hydrogen-bond donors (Lipinski definition) is 2. The van der Waals surface area contributed by atoms with Crippen molar-refractivity contribution in [1.29, 1.82) is 0 Å². The Hall–Kier alpha value is -2.19. The quantitative estimate of drug-likeness (QED) is 0.602. The first-order chi connectivity index (χ1) is 10.9. The van der Waals surface area contributed by atoms with Gasteiger partial charge in [0.05, 0.1) is 10.5 Å². The molecule has 8 nitrogen and oxygen atoms in total. The van der Waals surface area contributed by atoms with E-state index in [1.807, 2.05) is 14.1 Å². The number of likely N-dealkylation sites (N-methyl/N-ethyl adjacent to an activating group) is 1. The molecule has 1 amide bonds. The Balaban J connectivity index is 2.22. The van der Waals surface area contributed by atoms with Crippen LogP contribution >= 0.6 is 0 Å². The van der Waals surface area contributed by atoms with Gasteiger partial charge in [0, 0.05) is 43.1 Å². The number of nitrogens with zero attached hydrogens (tertiary/aromatic N) is 2. The maximum atomic E-state index is 11.6. The van der Waals surface area contributed by atoms with E-state index in [9.17, 15) is 14.9 Å².